The van der Waals surface area contributed by atoms with Gasteiger partial charge >= 0.3 is 0 Å². The summed E-state index contributed by atoms with van der Waals surface area (Å²) in [4.78, 5) is 14.0. The number of carbonyl (C=O) groups excluding carboxylic acids is 1. The number of H-pyrrole nitrogens is 1. The summed E-state index contributed by atoms with van der Waals surface area (Å²) < 4.78 is 26.6. The Bertz CT molecular complexity index is 773. The molecule has 2 aromatic heterocycles. The van der Waals surface area contributed by atoms with Crippen molar-refractivity contribution in [2.75, 3.05) is 0 Å². The van der Waals surface area contributed by atoms with Crippen molar-refractivity contribution in [2.45, 2.75) is 18.7 Å². The molecule has 0 saturated heterocycles. The number of aryl methyl sites for hydroxylation is 3. The second kappa shape index (κ2) is 5.62. The molecule has 0 aliphatic rings. The van der Waals surface area contributed by atoms with Crippen molar-refractivity contribution in [3.63, 3.8) is 0 Å². The number of carbonyl (C=O) groups is 1. The molecule has 0 spiro atoms. The maximum absolute atomic E-state index is 12.2. The van der Waals surface area contributed by atoms with Gasteiger partial charge in [0, 0.05) is 17.7 Å². The minimum Gasteiger partial charge on any atom is -0.345 e. The molecule has 114 valence electrons. The van der Waals surface area contributed by atoms with E-state index >= 15 is 0 Å². The standard InChI is InChI=1S/C11H14BrN5O3S/c1-6-10(7(2)14-13-6)21(19,20)16-15-11(18)9-4-8(12)5-17(9)3/h4-5,16H,1-3H3,(H,13,14)(H,15,18). The van der Waals surface area contributed by atoms with Crippen LogP contribution in [0.15, 0.2) is 21.6 Å². The van der Waals surface area contributed by atoms with Crippen molar-refractivity contribution in [3.05, 3.63) is 33.8 Å². The highest BCUT2D eigenvalue weighted by atomic mass is 79.9. The molecule has 0 radical (unpaired) electrons. The second-order valence-electron chi connectivity index (χ2n) is 4.48. The van der Waals surface area contributed by atoms with Crippen molar-refractivity contribution in [1.82, 2.24) is 25.0 Å². The molecule has 0 fully saturated rings. The van der Waals surface area contributed by atoms with E-state index in [-0.39, 0.29) is 4.90 Å². The first-order valence-corrected chi connectivity index (χ1v) is 8.15. The molecule has 8 nitrogen and oxygen atoms in total. The van der Waals surface area contributed by atoms with Gasteiger partial charge in [-0.3, -0.25) is 15.3 Å². The van der Waals surface area contributed by atoms with Gasteiger partial charge in [0.15, 0.2) is 0 Å². The van der Waals surface area contributed by atoms with Crippen LogP contribution in [0, 0.1) is 13.8 Å². The van der Waals surface area contributed by atoms with Gasteiger partial charge in [-0.2, -0.15) is 5.10 Å². The molecule has 2 heterocycles. The van der Waals surface area contributed by atoms with Crippen LogP contribution in [-0.4, -0.2) is 29.1 Å². The van der Waals surface area contributed by atoms with Gasteiger partial charge in [0.05, 0.1) is 11.4 Å². The number of rotatable bonds is 4. The summed E-state index contributed by atoms with van der Waals surface area (Å²) in [6.07, 6.45) is 1.69. The lowest BCUT2D eigenvalue weighted by Gasteiger charge is -2.09. The number of nitrogens with one attached hydrogen (secondary N) is 3. The van der Waals surface area contributed by atoms with E-state index in [0.29, 0.717) is 17.1 Å². The van der Waals surface area contributed by atoms with Crippen LogP contribution in [0.25, 0.3) is 0 Å². The highest BCUT2D eigenvalue weighted by Crippen LogP contribution is 2.16. The molecular weight excluding hydrogens is 362 g/mol. The zero-order chi connectivity index (χ0) is 15.8. The molecule has 2 rings (SSSR count). The van der Waals surface area contributed by atoms with Gasteiger partial charge in [-0.15, -0.1) is 4.83 Å². The minimum atomic E-state index is -3.88. The SMILES string of the molecule is Cc1n[nH]c(C)c1S(=O)(=O)NNC(=O)c1cc(Br)cn1C. The Morgan fingerprint density at radius 2 is 2.10 bits per heavy atom. The summed E-state index contributed by atoms with van der Waals surface area (Å²) in [5.41, 5.74) is 3.21. The van der Waals surface area contributed by atoms with Crippen LogP contribution in [-0.2, 0) is 17.1 Å². The topological polar surface area (TPSA) is 109 Å². The molecule has 21 heavy (non-hydrogen) atoms. The molecule has 10 heteroatoms. The van der Waals surface area contributed by atoms with Gasteiger partial charge < -0.3 is 4.57 Å². The highest BCUT2D eigenvalue weighted by Gasteiger charge is 2.23. The molecule has 3 N–H and O–H groups in total. The number of hydrogen-bond acceptors (Lipinski definition) is 4. The van der Waals surface area contributed by atoms with E-state index in [2.05, 4.69) is 36.4 Å². The third-order valence-electron chi connectivity index (χ3n) is 2.83. The number of aromatic nitrogens is 3. The summed E-state index contributed by atoms with van der Waals surface area (Å²) in [7, 11) is -2.20. The molecule has 0 aromatic carbocycles. The number of nitrogens with zero attached hydrogens (tertiary/aromatic N) is 2. The fourth-order valence-electron chi connectivity index (χ4n) is 1.92. The fourth-order valence-corrected chi connectivity index (χ4v) is 3.65. The van der Waals surface area contributed by atoms with E-state index in [0.717, 1.165) is 4.47 Å². The fraction of sp³-hybridized carbons (Fsp3) is 0.273. The van der Waals surface area contributed by atoms with E-state index in [4.69, 9.17) is 0 Å². The van der Waals surface area contributed by atoms with Gasteiger partial charge in [-0.1, -0.05) is 0 Å². The van der Waals surface area contributed by atoms with E-state index < -0.39 is 15.9 Å². The van der Waals surface area contributed by atoms with Crippen LogP contribution in [0.4, 0.5) is 0 Å². The molecule has 0 atom stereocenters. The average Bonchev–Trinajstić information content (AvgIpc) is 2.89. The summed E-state index contributed by atoms with van der Waals surface area (Å²) in [5.74, 6) is -0.564. The molecule has 2 aromatic rings. The third kappa shape index (κ3) is 3.17. The van der Waals surface area contributed by atoms with Gasteiger partial charge in [0.1, 0.15) is 10.6 Å². The maximum Gasteiger partial charge on any atom is 0.282 e. The Morgan fingerprint density at radius 3 is 2.57 bits per heavy atom. The van der Waals surface area contributed by atoms with Crippen LogP contribution in [0.3, 0.4) is 0 Å². The van der Waals surface area contributed by atoms with Crippen molar-refractivity contribution in [3.8, 4) is 0 Å². The van der Waals surface area contributed by atoms with Crippen LogP contribution in [0.2, 0.25) is 0 Å². The third-order valence-corrected chi connectivity index (χ3v) is 4.78. The predicted octanol–water partition coefficient (Wildman–Crippen LogP) is 0.751. The van der Waals surface area contributed by atoms with E-state index in [9.17, 15) is 13.2 Å². The Balaban J connectivity index is 2.16. The Hall–Kier alpha value is -1.65. The normalized spacial score (nSPS) is 11.6. The maximum atomic E-state index is 12.2. The Kier molecular flexibility index (Phi) is 4.21. The van der Waals surface area contributed by atoms with Crippen molar-refractivity contribution >= 4 is 31.9 Å². The van der Waals surface area contributed by atoms with Crippen molar-refractivity contribution in [1.29, 1.82) is 0 Å². The molecule has 0 aliphatic carbocycles. The molecule has 0 aliphatic heterocycles. The summed E-state index contributed by atoms with van der Waals surface area (Å²) in [6.45, 7) is 3.15. The first kappa shape index (κ1) is 15.7. The average molecular weight is 376 g/mol. The van der Waals surface area contributed by atoms with Crippen LogP contribution >= 0.6 is 15.9 Å². The van der Waals surface area contributed by atoms with E-state index in [1.165, 1.54) is 0 Å². The Labute approximate surface area is 130 Å². The van der Waals surface area contributed by atoms with Gasteiger partial charge in [0.25, 0.3) is 15.9 Å². The second-order valence-corrected chi connectivity index (χ2v) is 7.01. The Morgan fingerprint density at radius 1 is 1.43 bits per heavy atom. The zero-order valence-corrected chi connectivity index (χ0v) is 14.0. The zero-order valence-electron chi connectivity index (χ0n) is 11.6. The van der Waals surface area contributed by atoms with Gasteiger partial charge in [-0.25, -0.2) is 8.42 Å². The first-order valence-electron chi connectivity index (χ1n) is 5.88. The van der Waals surface area contributed by atoms with Crippen molar-refractivity contribution in [2.24, 2.45) is 7.05 Å². The summed E-state index contributed by atoms with van der Waals surface area (Å²) in [6, 6.07) is 1.58. The predicted molar refractivity (Wildman–Crippen MR) is 79.0 cm³/mol. The van der Waals surface area contributed by atoms with Crippen LogP contribution < -0.4 is 10.3 Å². The lowest BCUT2D eigenvalue weighted by atomic mass is 10.4. The van der Waals surface area contributed by atoms with E-state index in [1.807, 2.05) is 0 Å². The van der Waals surface area contributed by atoms with Crippen LogP contribution in [0.1, 0.15) is 21.9 Å². The molecule has 0 saturated carbocycles. The number of sulfonamides is 1. The monoisotopic (exact) mass is 375 g/mol. The van der Waals surface area contributed by atoms with Crippen LogP contribution in [0.5, 0.6) is 0 Å². The lowest BCUT2D eigenvalue weighted by Crippen LogP contribution is -2.42. The highest BCUT2D eigenvalue weighted by molar-refractivity contribution is 9.10. The molecular formula is C11H14BrN5O3S. The molecule has 1 amide bonds. The summed E-state index contributed by atoms with van der Waals surface area (Å²) in [5, 5.41) is 6.40. The van der Waals surface area contributed by atoms with Gasteiger partial charge in [0.2, 0.25) is 0 Å². The smallest absolute Gasteiger partial charge is 0.282 e. The number of aromatic amines is 1. The number of hydrogen-bond donors (Lipinski definition) is 3. The lowest BCUT2D eigenvalue weighted by molar-refractivity contribution is 0.0937. The summed E-state index contributed by atoms with van der Waals surface area (Å²) >= 11 is 3.24. The minimum absolute atomic E-state index is 0.0239. The molecule has 0 unspecified atom stereocenters. The van der Waals surface area contributed by atoms with Crippen molar-refractivity contribution < 1.29 is 13.2 Å². The number of halogens is 1. The first-order chi connectivity index (χ1) is 9.72. The molecule has 0 bridgehead atoms. The number of hydrazine groups is 1. The largest absolute Gasteiger partial charge is 0.345 e. The quantitative estimate of drug-likeness (QED) is 0.685. The van der Waals surface area contributed by atoms with Gasteiger partial charge in [-0.05, 0) is 35.8 Å². The van der Waals surface area contributed by atoms with E-state index in [1.54, 1.807) is 37.7 Å². The number of amides is 1.